The summed E-state index contributed by atoms with van der Waals surface area (Å²) in [5.41, 5.74) is -8.76. The van der Waals surface area contributed by atoms with Crippen LogP contribution in [0.25, 0.3) is 0 Å². The van der Waals surface area contributed by atoms with E-state index in [-0.39, 0.29) is 42.2 Å². The first-order valence-electron chi connectivity index (χ1n) is 27.8. The first-order chi connectivity index (χ1) is 37.8. The Balaban J connectivity index is 1.05. The van der Waals surface area contributed by atoms with E-state index < -0.39 is 119 Å². The molecule has 14 atom stereocenters. The van der Waals surface area contributed by atoms with Crippen molar-refractivity contribution in [2.75, 3.05) is 32.1 Å². The maximum absolute atomic E-state index is 15.8. The molecule has 8 N–H and O–H groups in total. The van der Waals surface area contributed by atoms with Gasteiger partial charge in [0.1, 0.15) is 41.7 Å². The van der Waals surface area contributed by atoms with Crippen LogP contribution in [0.15, 0.2) is 71.8 Å². The number of hydrogen-bond acceptors (Lipinski definition) is 19. The van der Waals surface area contributed by atoms with Gasteiger partial charge in [0.15, 0.2) is 17.5 Å². The minimum atomic E-state index is -2.46. The second-order valence-electron chi connectivity index (χ2n) is 23.8. The highest BCUT2D eigenvalue weighted by Gasteiger charge is 2.79. The molecule has 0 aromatic heterocycles. The number of hydrogen-bond donors (Lipinski definition) is 8. The summed E-state index contributed by atoms with van der Waals surface area (Å²) >= 11 is 1.98. The Kier molecular flexibility index (Phi) is 18.5. The van der Waals surface area contributed by atoms with Crippen molar-refractivity contribution in [3.63, 3.8) is 0 Å². The van der Waals surface area contributed by atoms with Crippen LogP contribution in [0.2, 0.25) is 0 Å². The molecule has 2 bridgehead atoms. The molecular formula is C58H79N5O16S. The highest BCUT2D eigenvalue weighted by Crippen LogP contribution is 2.64. The molecule has 80 heavy (non-hydrogen) atoms. The fourth-order valence-electron chi connectivity index (χ4n) is 13.0. The molecule has 6 aliphatic rings. The number of fused-ring (bicyclic) bond motifs is 6. The van der Waals surface area contributed by atoms with Gasteiger partial charge in [-0.25, -0.2) is 19.2 Å². The summed E-state index contributed by atoms with van der Waals surface area (Å²) < 4.78 is 36.5. The molecule has 22 heteroatoms. The number of nitrogens with one attached hydrogen (secondary N) is 5. The van der Waals surface area contributed by atoms with E-state index in [9.17, 15) is 44.1 Å². The van der Waals surface area contributed by atoms with Gasteiger partial charge in [0.25, 0.3) is 0 Å². The molecule has 8 rings (SSSR count). The summed E-state index contributed by atoms with van der Waals surface area (Å²) in [7, 11) is 0. The zero-order chi connectivity index (χ0) is 58.0. The van der Waals surface area contributed by atoms with Crippen molar-refractivity contribution in [2.24, 2.45) is 16.7 Å². The Morgan fingerprint density at radius 3 is 2.21 bits per heavy atom. The topological polar surface area (TPSA) is 296 Å². The van der Waals surface area contributed by atoms with E-state index in [1.54, 1.807) is 69.3 Å². The van der Waals surface area contributed by atoms with Crippen molar-refractivity contribution in [3.8, 4) is 0 Å². The summed E-state index contributed by atoms with van der Waals surface area (Å²) in [5, 5.41) is 54.2. The number of carbonyl (C=O) groups excluding carboxylic acids is 7. The molecule has 438 valence electrons. The molecule has 2 saturated carbocycles. The number of ketones is 1. The minimum Gasteiger partial charge on any atom is -0.456 e. The molecule has 2 unspecified atom stereocenters. The fourth-order valence-corrected chi connectivity index (χ4v) is 14.6. The zero-order valence-corrected chi connectivity index (χ0v) is 47.7. The third kappa shape index (κ3) is 12.3. The maximum Gasteiger partial charge on any atom is 0.408 e. The van der Waals surface area contributed by atoms with E-state index in [1.165, 1.54) is 39.8 Å². The predicted octanol–water partition coefficient (Wildman–Crippen LogP) is 4.45. The number of rotatable bonds is 19. The number of benzene rings is 2. The van der Waals surface area contributed by atoms with Crippen LogP contribution in [0.5, 0.6) is 0 Å². The lowest BCUT2D eigenvalue weighted by Crippen LogP contribution is -2.82. The second-order valence-corrected chi connectivity index (χ2v) is 25.0. The number of ether oxygens (including phenoxy) is 6. The van der Waals surface area contributed by atoms with Gasteiger partial charge in [-0.15, -0.1) is 0 Å². The van der Waals surface area contributed by atoms with Gasteiger partial charge < -0.3 is 59.7 Å². The van der Waals surface area contributed by atoms with Crippen molar-refractivity contribution in [1.29, 1.82) is 0 Å². The molecule has 5 fully saturated rings. The molecule has 2 aromatic rings. The number of amides is 3. The fraction of sp³-hybridized carbons (Fsp3) is 0.638. The van der Waals surface area contributed by atoms with Crippen LogP contribution < -0.4 is 26.6 Å². The van der Waals surface area contributed by atoms with E-state index in [4.69, 9.17) is 28.4 Å². The Bertz CT molecular complexity index is 2650. The van der Waals surface area contributed by atoms with Gasteiger partial charge in [0, 0.05) is 74.4 Å². The maximum atomic E-state index is 15.8. The van der Waals surface area contributed by atoms with Gasteiger partial charge in [0.2, 0.25) is 5.91 Å². The van der Waals surface area contributed by atoms with Crippen molar-refractivity contribution >= 4 is 53.5 Å². The standard InChI is InChI=1S/C58H79N5O16S/c1-32-37(75-51(70)46(67)43(34-19-11-9-12-20-34)63-53(72)79-54(3,4)5)28-58(73)49(77-50(69)35-21-13-10-14-22-35)47-56(8,48(68)45(66)42(32)55(58,6)7)39(27-40-57(47,30-74-40)78-33(2)64)76-52(71)60-26-18-17-25-59-41(65)24-16-15-23-38-44-36(29-80-38)61-31-62-44/h9-14,19-22,36-40,43-47,49,61-62,66-67,73H,15-18,23-31H2,1-8H3,(H,59,65)(H,60,71)(H,63,72)/t36-,37-,38-,39-,40+,43-,44-,45+,46+,47?,49?,56+,57-,58+/m0/s1. The van der Waals surface area contributed by atoms with Crippen LogP contribution in [-0.2, 0) is 47.6 Å². The zero-order valence-electron chi connectivity index (χ0n) is 46.9. The van der Waals surface area contributed by atoms with Crippen LogP contribution in [0.3, 0.4) is 0 Å². The number of esters is 3. The first-order valence-corrected chi connectivity index (χ1v) is 28.8. The number of aliphatic hydroxyl groups excluding tert-OH is 2. The molecule has 3 heterocycles. The predicted molar refractivity (Wildman–Crippen MR) is 292 cm³/mol. The number of thioether (sulfide) groups is 1. The second kappa shape index (κ2) is 24.5. The quantitative estimate of drug-likeness (QED) is 0.0417. The van der Waals surface area contributed by atoms with Gasteiger partial charge in [-0.05, 0) is 89.1 Å². The van der Waals surface area contributed by atoms with Crippen LogP contribution in [0.1, 0.15) is 129 Å². The molecule has 3 aliphatic heterocycles. The normalized spacial score (nSPS) is 31.9. The van der Waals surface area contributed by atoms with Crippen LogP contribution in [0.4, 0.5) is 9.59 Å². The molecule has 3 amide bonds. The van der Waals surface area contributed by atoms with Crippen LogP contribution in [0, 0.1) is 16.7 Å². The van der Waals surface area contributed by atoms with E-state index >= 15 is 4.79 Å². The van der Waals surface area contributed by atoms with Crippen molar-refractivity contribution in [2.45, 2.75) is 184 Å². The Hall–Kier alpha value is -5.62. The summed E-state index contributed by atoms with van der Waals surface area (Å²) in [6, 6.07) is 15.5. The van der Waals surface area contributed by atoms with Crippen LogP contribution >= 0.6 is 11.8 Å². The monoisotopic (exact) mass is 1130 g/mol. The lowest BCUT2D eigenvalue weighted by molar-refractivity contribution is -0.345. The Labute approximate surface area is 471 Å². The van der Waals surface area contributed by atoms with Gasteiger partial charge in [-0.3, -0.25) is 25.0 Å². The van der Waals surface area contributed by atoms with E-state index in [1.807, 2.05) is 11.8 Å². The van der Waals surface area contributed by atoms with Gasteiger partial charge >= 0.3 is 30.1 Å². The summed E-state index contributed by atoms with van der Waals surface area (Å²) in [6.07, 6.45) is -8.74. The third-order valence-electron chi connectivity index (χ3n) is 17.1. The molecule has 21 nitrogen and oxygen atoms in total. The lowest BCUT2D eigenvalue weighted by Gasteiger charge is -2.67. The number of alkyl carbamates (subject to hydrolysis) is 2. The molecular weight excluding hydrogens is 1050 g/mol. The number of unbranched alkanes of at least 4 members (excludes halogenated alkanes) is 2. The van der Waals surface area contributed by atoms with Gasteiger partial charge in [-0.2, -0.15) is 11.8 Å². The molecule has 0 spiro atoms. The molecule has 3 aliphatic carbocycles. The molecule has 3 saturated heterocycles. The summed E-state index contributed by atoms with van der Waals surface area (Å²) in [4.78, 5) is 97.9. The first kappa shape index (κ1) is 60.5. The highest BCUT2D eigenvalue weighted by molar-refractivity contribution is 8.00. The SMILES string of the molecule is CC(=O)O[C@@]12CO[C@@H]1C[C@H](OC(=O)NCCCCNC(=O)CCCC[C@@H]1SC[C@@H]3NCN[C@@H]31)[C@@]1(C)C(=O)[C@H](O)C3=C(C)[C@@H](OC(=O)[C@H](O)[C@@H](NC(=O)OC(C)(C)C)c4ccccc4)C[C@@](O)(C(OC(=O)c4ccccc4)C12)C3(C)C. The highest BCUT2D eigenvalue weighted by atomic mass is 32.2. The number of carbonyl (C=O) groups is 7. The Morgan fingerprint density at radius 1 is 0.887 bits per heavy atom. The number of aliphatic hydroxyl groups is 3. The molecule has 0 radical (unpaired) electrons. The van der Waals surface area contributed by atoms with Crippen LogP contribution in [-0.4, -0.2) is 160 Å². The van der Waals surface area contributed by atoms with E-state index in [2.05, 4.69) is 26.6 Å². The largest absolute Gasteiger partial charge is 0.456 e. The van der Waals surface area contributed by atoms with Crippen molar-refractivity contribution < 1.29 is 77.3 Å². The van der Waals surface area contributed by atoms with Gasteiger partial charge in [0.05, 0.1) is 29.5 Å². The molecule has 2 aromatic carbocycles. The Morgan fingerprint density at radius 2 is 1.56 bits per heavy atom. The average molecular weight is 1130 g/mol. The average Bonchev–Trinajstić information content (AvgIpc) is 4.12. The summed E-state index contributed by atoms with van der Waals surface area (Å²) in [5.74, 6) is -4.58. The van der Waals surface area contributed by atoms with Gasteiger partial charge in [-0.1, -0.05) is 68.8 Å². The smallest absolute Gasteiger partial charge is 0.408 e. The minimum absolute atomic E-state index is 0.0411. The number of Topliss-reactive ketones (excluding diaryl/α,β-unsaturated/α-hetero) is 1. The summed E-state index contributed by atoms with van der Waals surface area (Å²) in [6.45, 7) is 13.1. The van der Waals surface area contributed by atoms with Crippen molar-refractivity contribution in [1.82, 2.24) is 26.6 Å². The van der Waals surface area contributed by atoms with Crippen molar-refractivity contribution in [3.05, 3.63) is 82.9 Å². The van der Waals surface area contributed by atoms with E-state index in [0.29, 0.717) is 48.7 Å². The third-order valence-corrected chi connectivity index (χ3v) is 18.7. The van der Waals surface area contributed by atoms with E-state index in [0.717, 1.165) is 38.6 Å². The lowest BCUT2D eigenvalue weighted by atomic mass is 9.44.